The average molecular weight is 746 g/mol. The van der Waals surface area contributed by atoms with Gasteiger partial charge in [0.25, 0.3) is 0 Å². The van der Waals surface area contributed by atoms with Crippen LogP contribution in [0.4, 0.5) is 0 Å². The van der Waals surface area contributed by atoms with Crippen LogP contribution in [0.5, 0.6) is 0 Å². The zero-order valence-electron chi connectivity index (χ0n) is 33.1. The number of carbonyl (C=O) groups excluding carboxylic acids is 2. The molecular weight excluding hydrogens is 665 g/mol. The molecule has 51 heavy (non-hydrogen) atoms. The first kappa shape index (κ1) is 49.8. The Morgan fingerprint density at radius 2 is 0.980 bits per heavy atom. The number of hydrogen-bond donors (Lipinski definition) is 2. The van der Waals surface area contributed by atoms with Crippen LogP contribution >= 0.6 is 7.82 Å². The van der Waals surface area contributed by atoms with Crippen LogP contribution < -0.4 is 5.73 Å². The fraction of sp³-hybridized carbons (Fsp3) is 0.902. The smallest absolute Gasteiger partial charge is 0.462 e. The lowest BCUT2D eigenvalue weighted by atomic mass is 10.0. The second-order valence-electron chi connectivity index (χ2n) is 14.2. The summed E-state index contributed by atoms with van der Waals surface area (Å²) >= 11 is 0. The number of rotatable bonds is 40. The van der Waals surface area contributed by atoms with Gasteiger partial charge in [0, 0.05) is 19.4 Å². The van der Waals surface area contributed by atoms with Crippen molar-refractivity contribution in [2.24, 2.45) is 5.73 Å². The number of esters is 2. The van der Waals surface area contributed by atoms with Gasteiger partial charge in [0.1, 0.15) is 6.61 Å². The van der Waals surface area contributed by atoms with Crippen LogP contribution in [0.3, 0.4) is 0 Å². The quantitative estimate of drug-likeness (QED) is 0.0272. The largest absolute Gasteiger partial charge is 0.472 e. The number of nitrogens with two attached hydrogens (primary N) is 1. The third kappa shape index (κ3) is 38.3. The van der Waals surface area contributed by atoms with Crippen LogP contribution in [-0.4, -0.2) is 49.3 Å². The van der Waals surface area contributed by atoms with Crippen LogP contribution in [0, 0.1) is 0 Å². The first-order valence-corrected chi connectivity index (χ1v) is 22.7. The molecule has 0 rings (SSSR count). The lowest BCUT2D eigenvalue weighted by Crippen LogP contribution is -2.29. The summed E-state index contributed by atoms with van der Waals surface area (Å²) in [5.41, 5.74) is 5.32. The van der Waals surface area contributed by atoms with Crippen molar-refractivity contribution in [3.8, 4) is 0 Å². The number of ether oxygens (including phenoxy) is 2. The van der Waals surface area contributed by atoms with E-state index in [4.69, 9.17) is 24.3 Å². The summed E-state index contributed by atoms with van der Waals surface area (Å²) in [5.74, 6) is -0.865. The van der Waals surface area contributed by atoms with Gasteiger partial charge in [-0.2, -0.15) is 0 Å². The summed E-state index contributed by atoms with van der Waals surface area (Å²) in [4.78, 5) is 34.6. The SMILES string of the molecule is CCCCCCCCCCCCCCCCCCCC/C=C/CCCC(=O)O[C@H](COC(=O)CCCCCCCCC)COP(=O)(O)OCCN. The normalized spacial score (nSPS) is 13.4. The molecule has 0 aliphatic carbocycles. The van der Waals surface area contributed by atoms with Crippen LogP contribution in [0.2, 0.25) is 0 Å². The topological polar surface area (TPSA) is 134 Å². The lowest BCUT2D eigenvalue weighted by molar-refractivity contribution is -0.161. The summed E-state index contributed by atoms with van der Waals surface area (Å²) in [6.45, 7) is 3.67. The monoisotopic (exact) mass is 746 g/mol. The maximum Gasteiger partial charge on any atom is 0.472 e. The van der Waals surface area contributed by atoms with Crippen LogP contribution in [0.1, 0.15) is 206 Å². The van der Waals surface area contributed by atoms with E-state index in [0.717, 1.165) is 32.1 Å². The van der Waals surface area contributed by atoms with Gasteiger partial charge in [-0.05, 0) is 32.1 Å². The first-order valence-electron chi connectivity index (χ1n) is 21.2. The molecule has 0 bridgehead atoms. The molecule has 3 N–H and O–H groups in total. The Bertz CT molecular complexity index is 856. The zero-order valence-corrected chi connectivity index (χ0v) is 34.0. The highest BCUT2D eigenvalue weighted by Crippen LogP contribution is 2.43. The van der Waals surface area contributed by atoms with Gasteiger partial charge in [0.2, 0.25) is 0 Å². The molecule has 302 valence electrons. The average Bonchev–Trinajstić information content (AvgIpc) is 3.11. The van der Waals surface area contributed by atoms with E-state index in [9.17, 15) is 19.0 Å². The van der Waals surface area contributed by atoms with Gasteiger partial charge in [-0.1, -0.05) is 174 Å². The van der Waals surface area contributed by atoms with E-state index in [0.29, 0.717) is 6.42 Å². The number of unbranched alkanes of at least 4 members (excludes halogenated alkanes) is 25. The molecule has 0 amide bonds. The van der Waals surface area contributed by atoms with Gasteiger partial charge in [0.05, 0.1) is 13.2 Å². The molecule has 1 unspecified atom stereocenters. The highest BCUT2D eigenvalue weighted by Gasteiger charge is 2.25. The summed E-state index contributed by atoms with van der Waals surface area (Å²) < 4.78 is 32.5. The first-order chi connectivity index (χ1) is 24.8. The maximum absolute atomic E-state index is 12.5. The Morgan fingerprint density at radius 3 is 1.45 bits per heavy atom. The minimum absolute atomic E-state index is 0.0521. The number of allylic oxidation sites excluding steroid dienone is 2. The molecule has 0 saturated carbocycles. The predicted molar refractivity (Wildman–Crippen MR) is 211 cm³/mol. The molecule has 10 heteroatoms. The summed E-state index contributed by atoms with van der Waals surface area (Å²) in [6, 6.07) is 0. The van der Waals surface area contributed by atoms with Gasteiger partial charge >= 0.3 is 19.8 Å². The van der Waals surface area contributed by atoms with Gasteiger partial charge < -0.3 is 20.1 Å². The molecule has 0 aliphatic rings. The van der Waals surface area contributed by atoms with Crippen molar-refractivity contribution in [3.63, 3.8) is 0 Å². The third-order valence-electron chi connectivity index (χ3n) is 9.15. The number of hydrogen-bond acceptors (Lipinski definition) is 8. The van der Waals surface area contributed by atoms with Crippen molar-refractivity contribution in [3.05, 3.63) is 12.2 Å². The van der Waals surface area contributed by atoms with Crippen LogP contribution in [0.15, 0.2) is 12.2 Å². The van der Waals surface area contributed by atoms with Crippen molar-refractivity contribution < 1.29 is 37.6 Å². The lowest BCUT2D eigenvalue weighted by Gasteiger charge is -2.19. The van der Waals surface area contributed by atoms with E-state index in [1.54, 1.807) is 0 Å². The molecular formula is C41H80NO8P. The molecule has 0 aromatic rings. The van der Waals surface area contributed by atoms with Crippen LogP contribution in [0.25, 0.3) is 0 Å². The number of phosphoric acid groups is 1. The molecule has 0 aromatic carbocycles. The number of carbonyl (C=O) groups is 2. The van der Waals surface area contributed by atoms with E-state index >= 15 is 0 Å². The summed E-state index contributed by atoms with van der Waals surface area (Å²) in [5, 5.41) is 0. The summed E-state index contributed by atoms with van der Waals surface area (Å²) in [6.07, 6.45) is 38.6. The van der Waals surface area contributed by atoms with Gasteiger partial charge in [-0.25, -0.2) is 4.57 Å². The van der Waals surface area contributed by atoms with Crippen molar-refractivity contribution in [2.75, 3.05) is 26.4 Å². The van der Waals surface area contributed by atoms with E-state index in [1.807, 2.05) is 0 Å². The van der Waals surface area contributed by atoms with Crippen molar-refractivity contribution in [1.82, 2.24) is 0 Å². The Morgan fingerprint density at radius 1 is 0.569 bits per heavy atom. The summed E-state index contributed by atoms with van der Waals surface area (Å²) in [7, 11) is -4.37. The standard InChI is InChI=1S/C41H80NO8P/c1-3-5-7-9-11-12-13-14-15-16-17-18-19-20-21-22-23-24-25-26-28-30-32-34-41(44)50-39(38-49-51(45,46)48-36-35-42)37-47-40(43)33-31-29-27-10-8-6-4-2/h26,28,39H,3-25,27,29-38,42H2,1-2H3,(H,45,46)/b28-26+/t39-/m1/s1. The Kier molecular flexibility index (Phi) is 37.5. The van der Waals surface area contributed by atoms with E-state index < -0.39 is 32.5 Å². The fourth-order valence-electron chi connectivity index (χ4n) is 5.99. The maximum atomic E-state index is 12.5. The molecule has 0 spiro atoms. The fourth-order valence-corrected chi connectivity index (χ4v) is 6.76. The zero-order chi connectivity index (χ0) is 37.5. The Balaban J connectivity index is 4.00. The molecule has 0 aromatic heterocycles. The van der Waals surface area contributed by atoms with Crippen molar-refractivity contribution in [2.45, 2.75) is 213 Å². The van der Waals surface area contributed by atoms with Gasteiger partial charge in [-0.15, -0.1) is 0 Å². The van der Waals surface area contributed by atoms with Crippen LogP contribution in [-0.2, 0) is 32.7 Å². The minimum Gasteiger partial charge on any atom is -0.462 e. The molecule has 9 nitrogen and oxygen atoms in total. The Hall–Kier alpha value is -1.25. The third-order valence-corrected chi connectivity index (χ3v) is 10.1. The molecule has 0 aliphatic heterocycles. The Labute approximate surface area is 313 Å². The number of phosphoric ester groups is 1. The van der Waals surface area contributed by atoms with Gasteiger partial charge in [-0.3, -0.25) is 18.6 Å². The highest BCUT2D eigenvalue weighted by atomic mass is 31.2. The molecule has 0 heterocycles. The van der Waals surface area contributed by atoms with Crippen molar-refractivity contribution >= 4 is 19.8 Å². The van der Waals surface area contributed by atoms with E-state index in [1.165, 1.54) is 141 Å². The molecule has 0 radical (unpaired) electrons. The predicted octanol–water partition coefficient (Wildman–Crippen LogP) is 11.8. The molecule has 0 fully saturated rings. The molecule has 2 atom stereocenters. The highest BCUT2D eigenvalue weighted by molar-refractivity contribution is 7.47. The second kappa shape index (κ2) is 38.5. The minimum atomic E-state index is -4.37. The van der Waals surface area contributed by atoms with Crippen molar-refractivity contribution in [1.29, 1.82) is 0 Å². The molecule has 0 saturated heterocycles. The van der Waals surface area contributed by atoms with Gasteiger partial charge in [0.15, 0.2) is 6.10 Å². The van der Waals surface area contributed by atoms with E-state index in [-0.39, 0.29) is 32.6 Å². The van der Waals surface area contributed by atoms with E-state index in [2.05, 4.69) is 26.0 Å². The second-order valence-corrected chi connectivity index (χ2v) is 15.7.